The minimum Gasteiger partial charge on any atom is -0.375 e. The Balaban J connectivity index is 1.58. The van der Waals surface area contributed by atoms with Gasteiger partial charge < -0.3 is 15.0 Å². The SMILES string of the molecule is CC(c1ccc2c(c1)CCC(=O)N2Cc1ccccc1)C1CNCCO1. The van der Waals surface area contributed by atoms with E-state index in [0.717, 1.165) is 37.4 Å². The van der Waals surface area contributed by atoms with Crippen molar-refractivity contribution in [2.45, 2.75) is 38.3 Å². The van der Waals surface area contributed by atoms with E-state index in [9.17, 15) is 4.79 Å². The van der Waals surface area contributed by atoms with E-state index in [0.29, 0.717) is 18.9 Å². The molecular weight excluding hydrogens is 324 g/mol. The van der Waals surface area contributed by atoms with Gasteiger partial charge in [-0.05, 0) is 29.2 Å². The Morgan fingerprint density at radius 3 is 2.81 bits per heavy atom. The fourth-order valence-electron chi connectivity index (χ4n) is 3.92. The van der Waals surface area contributed by atoms with Crippen LogP contribution >= 0.6 is 0 Å². The predicted octanol–water partition coefficient (Wildman–Crippen LogP) is 3.26. The molecule has 4 rings (SSSR count). The maximum Gasteiger partial charge on any atom is 0.227 e. The van der Waals surface area contributed by atoms with Gasteiger partial charge >= 0.3 is 0 Å². The molecule has 0 aromatic heterocycles. The molecule has 2 atom stereocenters. The van der Waals surface area contributed by atoms with E-state index in [1.807, 2.05) is 23.1 Å². The number of rotatable bonds is 4. The Bertz CT molecular complexity index is 769. The molecule has 2 aromatic rings. The number of hydrogen-bond acceptors (Lipinski definition) is 3. The number of benzene rings is 2. The Kier molecular flexibility index (Phi) is 5.05. The normalized spacial score (nSPS) is 21.3. The summed E-state index contributed by atoms with van der Waals surface area (Å²) in [4.78, 5) is 14.5. The first-order valence-corrected chi connectivity index (χ1v) is 9.52. The van der Waals surface area contributed by atoms with Gasteiger partial charge in [-0.2, -0.15) is 0 Å². The highest BCUT2D eigenvalue weighted by molar-refractivity contribution is 5.96. The van der Waals surface area contributed by atoms with Crippen LogP contribution in [0.3, 0.4) is 0 Å². The predicted molar refractivity (Wildman–Crippen MR) is 103 cm³/mol. The third-order valence-electron chi connectivity index (χ3n) is 5.53. The van der Waals surface area contributed by atoms with Crippen molar-refractivity contribution in [1.29, 1.82) is 0 Å². The van der Waals surface area contributed by atoms with Crippen LogP contribution in [0, 0.1) is 0 Å². The van der Waals surface area contributed by atoms with Gasteiger partial charge in [-0.1, -0.05) is 49.4 Å². The van der Waals surface area contributed by atoms with Crippen molar-refractivity contribution in [2.75, 3.05) is 24.6 Å². The minimum absolute atomic E-state index is 0.210. The maximum absolute atomic E-state index is 12.5. The number of aryl methyl sites for hydroxylation is 1. The molecule has 2 heterocycles. The van der Waals surface area contributed by atoms with Crippen LogP contribution < -0.4 is 10.2 Å². The summed E-state index contributed by atoms with van der Waals surface area (Å²) >= 11 is 0. The van der Waals surface area contributed by atoms with Crippen molar-refractivity contribution in [2.24, 2.45) is 0 Å². The molecule has 1 saturated heterocycles. The van der Waals surface area contributed by atoms with E-state index >= 15 is 0 Å². The quantitative estimate of drug-likeness (QED) is 0.920. The summed E-state index contributed by atoms with van der Waals surface area (Å²) in [6, 6.07) is 16.8. The van der Waals surface area contributed by atoms with Crippen molar-refractivity contribution in [3.05, 3.63) is 65.2 Å². The molecule has 1 amide bonds. The van der Waals surface area contributed by atoms with Gasteiger partial charge in [0.05, 0.1) is 19.3 Å². The molecule has 4 heteroatoms. The largest absolute Gasteiger partial charge is 0.375 e. The summed E-state index contributed by atoms with van der Waals surface area (Å²) < 4.78 is 5.93. The highest BCUT2D eigenvalue weighted by Gasteiger charge is 2.27. The average molecular weight is 350 g/mol. The number of carbonyl (C=O) groups is 1. The molecule has 0 aliphatic carbocycles. The summed E-state index contributed by atoms with van der Waals surface area (Å²) in [5.74, 6) is 0.551. The fraction of sp³-hybridized carbons (Fsp3) is 0.409. The van der Waals surface area contributed by atoms with Gasteiger partial charge in [0, 0.05) is 31.1 Å². The molecule has 136 valence electrons. The first kappa shape index (κ1) is 17.3. The minimum atomic E-state index is 0.210. The molecule has 1 fully saturated rings. The van der Waals surface area contributed by atoms with Gasteiger partial charge in [-0.15, -0.1) is 0 Å². The van der Waals surface area contributed by atoms with Gasteiger partial charge in [0.2, 0.25) is 5.91 Å². The van der Waals surface area contributed by atoms with Gasteiger partial charge in [0.1, 0.15) is 0 Å². The maximum atomic E-state index is 12.5. The Morgan fingerprint density at radius 1 is 1.19 bits per heavy atom. The molecular formula is C22H26N2O2. The van der Waals surface area contributed by atoms with Crippen molar-refractivity contribution < 1.29 is 9.53 Å². The van der Waals surface area contributed by atoms with Crippen molar-refractivity contribution in [1.82, 2.24) is 5.32 Å². The van der Waals surface area contributed by atoms with E-state index in [4.69, 9.17) is 4.74 Å². The lowest BCUT2D eigenvalue weighted by molar-refractivity contribution is -0.119. The number of morpholine rings is 1. The van der Waals surface area contributed by atoms with Crippen molar-refractivity contribution in [3.8, 4) is 0 Å². The monoisotopic (exact) mass is 350 g/mol. The highest BCUT2D eigenvalue weighted by atomic mass is 16.5. The number of nitrogens with zero attached hydrogens (tertiary/aromatic N) is 1. The molecule has 0 radical (unpaired) electrons. The lowest BCUT2D eigenvalue weighted by Gasteiger charge is -2.32. The van der Waals surface area contributed by atoms with Crippen LogP contribution in [-0.2, 0) is 22.5 Å². The summed E-state index contributed by atoms with van der Waals surface area (Å²) in [5.41, 5.74) is 4.79. The second-order valence-corrected chi connectivity index (χ2v) is 7.26. The molecule has 2 aromatic carbocycles. The smallest absolute Gasteiger partial charge is 0.227 e. The average Bonchev–Trinajstić information content (AvgIpc) is 2.71. The number of amides is 1. The van der Waals surface area contributed by atoms with Crippen LogP contribution in [0.4, 0.5) is 5.69 Å². The van der Waals surface area contributed by atoms with E-state index in [1.165, 1.54) is 11.1 Å². The second kappa shape index (κ2) is 7.60. The Morgan fingerprint density at radius 2 is 2.04 bits per heavy atom. The van der Waals surface area contributed by atoms with Crippen LogP contribution in [0.2, 0.25) is 0 Å². The zero-order valence-corrected chi connectivity index (χ0v) is 15.3. The summed E-state index contributed by atoms with van der Waals surface area (Å²) in [5, 5.41) is 3.41. The van der Waals surface area contributed by atoms with Crippen molar-refractivity contribution >= 4 is 11.6 Å². The highest BCUT2D eigenvalue weighted by Crippen LogP contribution is 2.33. The zero-order valence-electron chi connectivity index (χ0n) is 15.3. The lowest BCUT2D eigenvalue weighted by atomic mass is 9.90. The zero-order chi connectivity index (χ0) is 17.9. The van der Waals surface area contributed by atoms with Crippen LogP contribution in [0.25, 0.3) is 0 Å². The fourth-order valence-corrected chi connectivity index (χ4v) is 3.92. The number of carbonyl (C=O) groups excluding carboxylic acids is 1. The molecule has 4 nitrogen and oxygen atoms in total. The number of nitrogens with one attached hydrogen (secondary N) is 1. The van der Waals surface area contributed by atoms with Gasteiger partial charge in [-0.25, -0.2) is 0 Å². The van der Waals surface area contributed by atoms with Crippen LogP contribution in [0.1, 0.15) is 36.0 Å². The van der Waals surface area contributed by atoms with Gasteiger partial charge in [0.15, 0.2) is 0 Å². The van der Waals surface area contributed by atoms with Gasteiger partial charge in [0.25, 0.3) is 0 Å². The number of hydrogen-bond donors (Lipinski definition) is 1. The third-order valence-corrected chi connectivity index (χ3v) is 5.53. The Labute approximate surface area is 155 Å². The second-order valence-electron chi connectivity index (χ2n) is 7.26. The van der Waals surface area contributed by atoms with E-state index in [-0.39, 0.29) is 12.0 Å². The number of ether oxygens (including phenoxy) is 1. The first-order valence-electron chi connectivity index (χ1n) is 9.52. The summed E-state index contributed by atoms with van der Waals surface area (Å²) in [6.07, 6.45) is 1.62. The summed E-state index contributed by atoms with van der Waals surface area (Å²) in [7, 11) is 0. The van der Waals surface area contributed by atoms with E-state index in [2.05, 4.69) is 42.6 Å². The first-order chi connectivity index (χ1) is 12.7. The van der Waals surface area contributed by atoms with Crippen molar-refractivity contribution in [3.63, 3.8) is 0 Å². The van der Waals surface area contributed by atoms with Gasteiger partial charge in [-0.3, -0.25) is 4.79 Å². The van der Waals surface area contributed by atoms with Crippen LogP contribution in [0.5, 0.6) is 0 Å². The van der Waals surface area contributed by atoms with E-state index in [1.54, 1.807) is 0 Å². The summed E-state index contributed by atoms with van der Waals surface area (Å²) in [6.45, 7) is 5.48. The number of fused-ring (bicyclic) bond motifs is 1. The topological polar surface area (TPSA) is 41.6 Å². The molecule has 1 N–H and O–H groups in total. The molecule has 2 aliphatic rings. The molecule has 2 aliphatic heterocycles. The molecule has 0 spiro atoms. The Hall–Kier alpha value is -2.17. The molecule has 0 saturated carbocycles. The lowest BCUT2D eigenvalue weighted by Crippen LogP contribution is -2.41. The standard InChI is InChI=1S/C22H26N2O2/c1-16(21-14-23-11-12-26-21)18-7-9-20-19(13-18)8-10-22(25)24(20)15-17-5-3-2-4-6-17/h2-7,9,13,16,21,23H,8,10-12,14-15H2,1H3. The number of anilines is 1. The molecule has 0 bridgehead atoms. The van der Waals surface area contributed by atoms with E-state index < -0.39 is 0 Å². The van der Waals surface area contributed by atoms with Crippen LogP contribution in [-0.4, -0.2) is 31.7 Å². The van der Waals surface area contributed by atoms with Crippen LogP contribution in [0.15, 0.2) is 48.5 Å². The molecule has 2 unspecified atom stereocenters. The molecule has 26 heavy (non-hydrogen) atoms. The third kappa shape index (κ3) is 3.53.